The van der Waals surface area contributed by atoms with E-state index in [1.165, 1.54) is 0 Å². The SMILES string of the molecule is O=C(NC1CC(=O)N(C2CC2)C1)c1ccnc(OC2CCSC2)c1. The highest BCUT2D eigenvalue weighted by Gasteiger charge is 2.39. The van der Waals surface area contributed by atoms with Crippen molar-refractivity contribution in [3.8, 4) is 5.88 Å². The molecule has 2 amide bonds. The Kier molecular flexibility index (Phi) is 4.35. The van der Waals surface area contributed by atoms with Crippen LogP contribution in [0.1, 0.15) is 36.0 Å². The molecular weight excluding hydrogens is 326 g/mol. The molecule has 1 saturated carbocycles. The molecule has 2 saturated heterocycles. The van der Waals surface area contributed by atoms with Gasteiger partial charge in [-0.2, -0.15) is 11.8 Å². The van der Waals surface area contributed by atoms with Gasteiger partial charge in [0.05, 0.1) is 6.04 Å². The van der Waals surface area contributed by atoms with Gasteiger partial charge >= 0.3 is 0 Å². The molecule has 4 rings (SSSR count). The maximum absolute atomic E-state index is 12.5. The van der Waals surface area contributed by atoms with Crippen LogP contribution in [0.4, 0.5) is 0 Å². The molecule has 6 nitrogen and oxygen atoms in total. The average Bonchev–Trinajstić information content (AvgIpc) is 3.17. The summed E-state index contributed by atoms with van der Waals surface area (Å²) in [4.78, 5) is 30.5. The van der Waals surface area contributed by atoms with Gasteiger partial charge in [-0.3, -0.25) is 9.59 Å². The number of likely N-dealkylation sites (tertiary alicyclic amines) is 1. The first kappa shape index (κ1) is 15.7. The van der Waals surface area contributed by atoms with Crippen molar-refractivity contribution in [2.75, 3.05) is 18.1 Å². The molecule has 2 aliphatic heterocycles. The van der Waals surface area contributed by atoms with Gasteiger partial charge in [0, 0.05) is 42.6 Å². The molecule has 3 heterocycles. The van der Waals surface area contributed by atoms with Crippen molar-refractivity contribution < 1.29 is 14.3 Å². The normalized spacial score (nSPS) is 26.7. The highest BCUT2D eigenvalue weighted by atomic mass is 32.2. The van der Waals surface area contributed by atoms with Crippen LogP contribution in [0.15, 0.2) is 18.3 Å². The lowest BCUT2D eigenvalue weighted by Gasteiger charge is -2.16. The van der Waals surface area contributed by atoms with E-state index in [1.54, 1.807) is 18.3 Å². The number of pyridine rings is 1. The Morgan fingerprint density at radius 1 is 1.38 bits per heavy atom. The zero-order valence-electron chi connectivity index (χ0n) is 13.4. The zero-order chi connectivity index (χ0) is 16.5. The van der Waals surface area contributed by atoms with E-state index in [0.717, 1.165) is 30.8 Å². The van der Waals surface area contributed by atoms with Crippen LogP contribution in [0.5, 0.6) is 5.88 Å². The third-order valence-corrected chi connectivity index (χ3v) is 5.79. The van der Waals surface area contributed by atoms with Gasteiger partial charge in [-0.1, -0.05) is 0 Å². The van der Waals surface area contributed by atoms with E-state index in [0.29, 0.717) is 30.5 Å². The zero-order valence-corrected chi connectivity index (χ0v) is 14.3. The fraction of sp³-hybridized carbons (Fsp3) is 0.588. The average molecular weight is 347 g/mol. The van der Waals surface area contributed by atoms with Crippen LogP contribution >= 0.6 is 11.8 Å². The van der Waals surface area contributed by atoms with Gasteiger partial charge in [0.1, 0.15) is 6.10 Å². The number of rotatable bonds is 5. The van der Waals surface area contributed by atoms with Crippen LogP contribution in [0, 0.1) is 0 Å². The van der Waals surface area contributed by atoms with Crippen molar-refractivity contribution in [2.45, 2.75) is 43.9 Å². The highest BCUT2D eigenvalue weighted by molar-refractivity contribution is 7.99. The molecular formula is C17H21N3O3S. The van der Waals surface area contributed by atoms with E-state index in [4.69, 9.17) is 4.74 Å². The van der Waals surface area contributed by atoms with Crippen molar-refractivity contribution in [3.05, 3.63) is 23.9 Å². The van der Waals surface area contributed by atoms with Crippen LogP contribution in [-0.4, -0.2) is 57.9 Å². The maximum atomic E-state index is 12.5. The number of hydrogen-bond acceptors (Lipinski definition) is 5. The number of nitrogens with one attached hydrogen (secondary N) is 1. The Morgan fingerprint density at radius 2 is 2.25 bits per heavy atom. The first-order valence-corrected chi connectivity index (χ1v) is 9.65. The molecule has 0 spiro atoms. The van der Waals surface area contributed by atoms with Crippen LogP contribution in [0.3, 0.4) is 0 Å². The summed E-state index contributed by atoms with van der Waals surface area (Å²) in [5.74, 6) is 2.56. The number of amides is 2. The Labute approximate surface area is 145 Å². The van der Waals surface area contributed by atoms with Crippen molar-refractivity contribution in [1.29, 1.82) is 0 Å². The van der Waals surface area contributed by atoms with Crippen molar-refractivity contribution in [3.63, 3.8) is 0 Å². The monoisotopic (exact) mass is 347 g/mol. The number of thioether (sulfide) groups is 1. The Balaban J connectivity index is 1.36. The van der Waals surface area contributed by atoms with Gasteiger partial charge in [-0.15, -0.1) is 0 Å². The van der Waals surface area contributed by atoms with E-state index < -0.39 is 0 Å². The summed E-state index contributed by atoms with van der Waals surface area (Å²) in [6.45, 7) is 0.628. The summed E-state index contributed by atoms with van der Waals surface area (Å²) in [7, 11) is 0. The third-order valence-electron chi connectivity index (χ3n) is 4.65. The second-order valence-corrected chi connectivity index (χ2v) is 7.79. The van der Waals surface area contributed by atoms with E-state index in [2.05, 4.69) is 10.3 Å². The summed E-state index contributed by atoms with van der Waals surface area (Å²) in [6.07, 6.45) is 5.39. The van der Waals surface area contributed by atoms with Crippen molar-refractivity contribution >= 4 is 23.6 Å². The van der Waals surface area contributed by atoms with E-state index >= 15 is 0 Å². The predicted octanol–water partition coefficient (Wildman–Crippen LogP) is 1.46. The second kappa shape index (κ2) is 6.63. The Morgan fingerprint density at radius 3 is 3.00 bits per heavy atom. The van der Waals surface area contributed by atoms with Crippen molar-refractivity contribution in [2.24, 2.45) is 0 Å². The van der Waals surface area contributed by atoms with Gasteiger partial charge in [-0.05, 0) is 31.1 Å². The topological polar surface area (TPSA) is 71.5 Å². The summed E-state index contributed by atoms with van der Waals surface area (Å²) in [6, 6.07) is 3.67. The maximum Gasteiger partial charge on any atom is 0.251 e. The lowest BCUT2D eigenvalue weighted by atomic mass is 10.2. The van der Waals surface area contributed by atoms with Gasteiger partial charge in [-0.25, -0.2) is 4.98 Å². The molecule has 3 aliphatic rings. The molecule has 1 aliphatic carbocycles. The molecule has 1 aromatic heterocycles. The standard InChI is InChI=1S/C17H21N3O3S/c21-16-8-12(9-20(16)13-1-2-13)19-17(22)11-3-5-18-15(7-11)23-14-4-6-24-10-14/h3,5,7,12-14H,1-2,4,6,8-10H2,(H,19,22). The van der Waals surface area contributed by atoms with Gasteiger partial charge in [0.25, 0.3) is 5.91 Å². The minimum absolute atomic E-state index is 0.102. The molecule has 1 N–H and O–H groups in total. The molecule has 128 valence electrons. The first-order chi connectivity index (χ1) is 11.7. The molecule has 24 heavy (non-hydrogen) atoms. The largest absolute Gasteiger partial charge is 0.473 e. The molecule has 0 bridgehead atoms. The fourth-order valence-corrected chi connectivity index (χ4v) is 4.32. The Hall–Kier alpha value is -1.76. The smallest absolute Gasteiger partial charge is 0.251 e. The van der Waals surface area contributed by atoms with Crippen LogP contribution in [0.2, 0.25) is 0 Å². The summed E-state index contributed by atoms with van der Waals surface area (Å²) in [5.41, 5.74) is 0.531. The fourth-order valence-electron chi connectivity index (χ4n) is 3.23. The molecule has 2 atom stereocenters. The van der Waals surface area contributed by atoms with Crippen LogP contribution < -0.4 is 10.1 Å². The first-order valence-electron chi connectivity index (χ1n) is 8.50. The quantitative estimate of drug-likeness (QED) is 0.873. The summed E-state index contributed by atoms with van der Waals surface area (Å²) in [5, 5.41) is 2.97. The number of nitrogens with zero attached hydrogens (tertiary/aromatic N) is 2. The van der Waals surface area contributed by atoms with E-state index in [-0.39, 0.29) is 24.0 Å². The summed E-state index contributed by atoms with van der Waals surface area (Å²) < 4.78 is 5.84. The molecule has 7 heteroatoms. The van der Waals surface area contributed by atoms with Gasteiger partial charge < -0.3 is 15.0 Å². The minimum atomic E-state index is -0.168. The number of hydrogen-bond donors (Lipinski definition) is 1. The predicted molar refractivity (Wildman–Crippen MR) is 91.2 cm³/mol. The molecule has 1 aromatic rings. The lowest BCUT2D eigenvalue weighted by molar-refractivity contribution is -0.128. The van der Waals surface area contributed by atoms with E-state index in [1.807, 2.05) is 16.7 Å². The highest BCUT2D eigenvalue weighted by Crippen LogP contribution is 2.30. The van der Waals surface area contributed by atoms with Crippen molar-refractivity contribution in [1.82, 2.24) is 15.2 Å². The second-order valence-electron chi connectivity index (χ2n) is 6.64. The number of carbonyl (C=O) groups excluding carboxylic acids is 2. The number of aromatic nitrogens is 1. The minimum Gasteiger partial charge on any atom is -0.473 e. The number of ether oxygens (including phenoxy) is 1. The van der Waals surface area contributed by atoms with Crippen LogP contribution in [-0.2, 0) is 4.79 Å². The Bertz CT molecular complexity index is 644. The summed E-state index contributed by atoms with van der Waals surface area (Å²) >= 11 is 1.87. The molecule has 0 aromatic carbocycles. The number of carbonyl (C=O) groups is 2. The molecule has 2 unspecified atom stereocenters. The van der Waals surface area contributed by atoms with Crippen LogP contribution in [0.25, 0.3) is 0 Å². The molecule has 3 fully saturated rings. The third kappa shape index (κ3) is 3.50. The lowest BCUT2D eigenvalue weighted by Crippen LogP contribution is -2.37. The van der Waals surface area contributed by atoms with Gasteiger partial charge in [0.15, 0.2) is 0 Å². The van der Waals surface area contributed by atoms with E-state index in [9.17, 15) is 9.59 Å². The van der Waals surface area contributed by atoms with Gasteiger partial charge in [0.2, 0.25) is 11.8 Å². The molecule has 0 radical (unpaired) electrons.